The van der Waals surface area contributed by atoms with E-state index >= 15 is 0 Å². The molecule has 1 aliphatic heterocycles. The fourth-order valence-electron chi connectivity index (χ4n) is 2.92. The van der Waals surface area contributed by atoms with Crippen LogP contribution in [-0.4, -0.2) is 29.1 Å². The lowest BCUT2D eigenvalue weighted by molar-refractivity contribution is 0.326. The van der Waals surface area contributed by atoms with Gasteiger partial charge < -0.3 is 9.47 Å². The molecule has 0 saturated carbocycles. The molecular formula is C16H19N3. The summed E-state index contributed by atoms with van der Waals surface area (Å²) in [5, 5.41) is 10.2. The number of hydrogen-bond donors (Lipinski definition) is 0. The summed E-state index contributed by atoms with van der Waals surface area (Å²) in [6.45, 7) is 4.77. The molecule has 0 unspecified atom stereocenters. The van der Waals surface area contributed by atoms with E-state index in [0.717, 1.165) is 12.1 Å². The molecule has 3 nitrogen and oxygen atoms in total. The van der Waals surface area contributed by atoms with E-state index in [2.05, 4.69) is 27.8 Å². The van der Waals surface area contributed by atoms with Crippen molar-refractivity contribution >= 4 is 10.9 Å². The maximum atomic E-state index is 8.98. The van der Waals surface area contributed by atoms with Gasteiger partial charge in [0.25, 0.3) is 0 Å². The third-order valence-corrected chi connectivity index (χ3v) is 3.98. The minimum atomic E-state index is 0.743. The Morgan fingerprint density at radius 1 is 1.11 bits per heavy atom. The molecule has 0 atom stereocenters. The lowest BCUT2D eigenvalue weighted by Crippen LogP contribution is -2.21. The van der Waals surface area contributed by atoms with Crippen LogP contribution in [0.1, 0.15) is 24.8 Å². The molecule has 1 aromatic carbocycles. The molecule has 1 aliphatic rings. The van der Waals surface area contributed by atoms with Gasteiger partial charge in [-0.05, 0) is 62.5 Å². The molecule has 1 saturated heterocycles. The molecule has 19 heavy (non-hydrogen) atoms. The Morgan fingerprint density at radius 2 is 1.95 bits per heavy atom. The lowest BCUT2D eigenvalue weighted by atomic mass is 10.2. The van der Waals surface area contributed by atoms with Gasteiger partial charge in [-0.3, -0.25) is 0 Å². The van der Waals surface area contributed by atoms with Crippen molar-refractivity contribution in [3.05, 3.63) is 36.0 Å². The summed E-state index contributed by atoms with van der Waals surface area (Å²) in [5.74, 6) is 0. The van der Waals surface area contributed by atoms with Crippen LogP contribution in [0.15, 0.2) is 30.5 Å². The quantitative estimate of drug-likeness (QED) is 0.839. The van der Waals surface area contributed by atoms with Gasteiger partial charge in [0.1, 0.15) is 0 Å². The van der Waals surface area contributed by atoms with Gasteiger partial charge in [-0.25, -0.2) is 0 Å². The molecule has 0 spiro atoms. The number of likely N-dealkylation sites (tertiary alicyclic amines) is 1. The Morgan fingerprint density at radius 3 is 2.74 bits per heavy atom. The van der Waals surface area contributed by atoms with Crippen molar-refractivity contribution in [1.29, 1.82) is 5.26 Å². The van der Waals surface area contributed by atoms with Gasteiger partial charge in [-0.15, -0.1) is 0 Å². The number of rotatable bonds is 4. The zero-order valence-corrected chi connectivity index (χ0v) is 11.2. The summed E-state index contributed by atoms with van der Waals surface area (Å²) in [6.07, 6.45) is 6.03. The Hall–Kier alpha value is -1.79. The molecule has 2 aromatic rings. The van der Waals surface area contributed by atoms with Crippen LogP contribution < -0.4 is 0 Å². The van der Waals surface area contributed by atoms with Crippen LogP contribution in [0.2, 0.25) is 0 Å². The van der Waals surface area contributed by atoms with Crippen LogP contribution >= 0.6 is 0 Å². The topological polar surface area (TPSA) is 32.0 Å². The number of nitrogens with zero attached hydrogens (tertiary/aromatic N) is 3. The maximum absolute atomic E-state index is 8.98. The molecule has 3 heteroatoms. The highest BCUT2D eigenvalue weighted by molar-refractivity contribution is 5.81. The molecular weight excluding hydrogens is 234 g/mol. The first kappa shape index (κ1) is 12.3. The molecule has 2 heterocycles. The van der Waals surface area contributed by atoms with Crippen molar-refractivity contribution in [2.75, 3.05) is 19.6 Å². The second-order valence-electron chi connectivity index (χ2n) is 5.30. The van der Waals surface area contributed by atoms with Gasteiger partial charge in [0.2, 0.25) is 0 Å². The average Bonchev–Trinajstić information content (AvgIpc) is 3.08. The largest absolute Gasteiger partial charge is 0.347 e. The van der Waals surface area contributed by atoms with E-state index in [1.165, 1.54) is 49.8 Å². The van der Waals surface area contributed by atoms with E-state index < -0.39 is 0 Å². The minimum Gasteiger partial charge on any atom is -0.347 e. The van der Waals surface area contributed by atoms with Crippen LogP contribution in [0.3, 0.4) is 0 Å². The highest BCUT2D eigenvalue weighted by atomic mass is 15.1. The third kappa shape index (κ3) is 2.64. The molecule has 3 rings (SSSR count). The van der Waals surface area contributed by atoms with E-state index in [4.69, 9.17) is 5.26 Å². The summed E-state index contributed by atoms with van der Waals surface area (Å²) >= 11 is 0. The zero-order chi connectivity index (χ0) is 13.1. The Bertz CT molecular complexity index is 600. The van der Waals surface area contributed by atoms with Gasteiger partial charge in [0.15, 0.2) is 0 Å². The maximum Gasteiger partial charge on any atom is 0.0992 e. The van der Waals surface area contributed by atoms with Crippen molar-refractivity contribution in [2.45, 2.75) is 25.8 Å². The Balaban J connectivity index is 1.68. The Kier molecular flexibility index (Phi) is 3.52. The third-order valence-electron chi connectivity index (χ3n) is 3.98. The summed E-state index contributed by atoms with van der Waals surface area (Å²) in [7, 11) is 0. The second kappa shape index (κ2) is 5.46. The fourth-order valence-corrected chi connectivity index (χ4v) is 2.92. The molecule has 1 fully saturated rings. The summed E-state index contributed by atoms with van der Waals surface area (Å²) < 4.78 is 2.27. The van der Waals surface area contributed by atoms with E-state index in [1.807, 2.05) is 18.2 Å². The van der Waals surface area contributed by atoms with Crippen LogP contribution in [0.4, 0.5) is 0 Å². The number of nitriles is 1. The van der Waals surface area contributed by atoms with Crippen LogP contribution in [-0.2, 0) is 6.54 Å². The van der Waals surface area contributed by atoms with Crippen molar-refractivity contribution in [3.63, 3.8) is 0 Å². The highest BCUT2D eigenvalue weighted by Gasteiger charge is 2.10. The predicted molar refractivity (Wildman–Crippen MR) is 76.9 cm³/mol. The van der Waals surface area contributed by atoms with E-state index in [9.17, 15) is 0 Å². The number of hydrogen-bond acceptors (Lipinski definition) is 2. The van der Waals surface area contributed by atoms with Gasteiger partial charge in [0.05, 0.1) is 11.6 Å². The van der Waals surface area contributed by atoms with Crippen molar-refractivity contribution in [1.82, 2.24) is 9.47 Å². The summed E-state index contributed by atoms with van der Waals surface area (Å²) in [6, 6.07) is 10.3. The predicted octanol–water partition coefficient (Wildman–Crippen LogP) is 3.00. The number of aryl methyl sites for hydroxylation is 1. The van der Waals surface area contributed by atoms with Crippen LogP contribution in [0, 0.1) is 11.3 Å². The minimum absolute atomic E-state index is 0.743. The van der Waals surface area contributed by atoms with Gasteiger partial charge in [-0.2, -0.15) is 5.26 Å². The van der Waals surface area contributed by atoms with Gasteiger partial charge in [-0.1, -0.05) is 6.07 Å². The second-order valence-corrected chi connectivity index (χ2v) is 5.30. The summed E-state index contributed by atoms with van der Waals surface area (Å²) in [4.78, 5) is 2.55. The smallest absolute Gasteiger partial charge is 0.0992 e. The average molecular weight is 253 g/mol. The standard InChI is InChI=1S/C16H19N3/c17-13-14-4-5-15-6-11-19(16(15)12-14)10-3-9-18-7-1-2-8-18/h4-6,11-12H,1-3,7-10H2. The van der Waals surface area contributed by atoms with Crippen LogP contribution in [0.25, 0.3) is 10.9 Å². The first-order valence-electron chi connectivity index (χ1n) is 7.08. The van der Waals surface area contributed by atoms with Crippen molar-refractivity contribution < 1.29 is 0 Å². The fraction of sp³-hybridized carbons (Fsp3) is 0.438. The molecule has 1 aromatic heterocycles. The SMILES string of the molecule is N#Cc1ccc2ccn(CCCN3CCCC3)c2c1. The molecule has 0 bridgehead atoms. The first-order chi connectivity index (χ1) is 9.36. The van der Waals surface area contributed by atoms with Crippen molar-refractivity contribution in [2.24, 2.45) is 0 Å². The zero-order valence-electron chi connectivity index (χ0n) is 11.2. The molecule has 98 valence electrons. The molecule has 0 amide bonds. The van der Waals surface area contributed by atoms with Gasteiger partial charge >= 0.3 is 0 Å². The normalized spacial score (nSPS) is 15.9. The number of fused-ring (bicyclic) bond motifs is 1. The van der Waals surface area contributed by atoms with Crippen LogP contribution in [0.5, 0.6) is 0 Å². The van der Waals surface area contributed by atoms with E-state index in [-0.39, 0.29) is 0 Å². The molecule has 0 aliphatic carbocycles. The highest BCUT2D eigenvalue weighted by Crippen LogP contribution is 2.18. The number of benzene rings is 1. The lowest BCUT2D eigenvalue weighted by Gasteiger charge is -2.14. The molecule has 0 radical (unpaired) electrons. The summed E-state index contributed by atoms with van der Waals surface area (Å²) in [5.41, 5.74) is 1.92. The first-order valence-corrected chi connectivity index (χ1v) is 7.08. The number of aromatic nitrogens is 1. The van der Waals surface area contributed by atoms with Crippen molar-refractivity contribution in [3.8, 4) is 6.07 Å². The van der Waals surface area contributed by atoms with Gasteiger partial charge in [0, 0.05) is 18.3 Å². The van der Waals surface area contributed by atoms with E-state index in [1.54, 1.807) is 0 Å². The van der Waals surface area contributed by atoms with E-state index in [0.29, 0.717) is 0 Å². The Labute approximate surface area is 114 Å². The molecule has 0 N–H and O–H groups in total. The monoisotopic (exact) mass is 253 g/mol.